The largest absolute Gasteiger partial charge is 0.496 e. The number of anilines is 1. The summed E-state index contributed by atoms with van der Waals surface area (Å²) in [6.07, 6.45) is 4.53. The van der Waals surface area contributed by atoms with Crippen LogP contribution in [-0.2, 0) is 11.2 Å². The van der Waals surface area contributed by atoms with Gasteiger partial charge in [0.25, 0.3) is 0 Å². The Labute approximate surface area is 185 Å². The van der Waals surface area contributed by atoms with Crippen molar-refractivity contribution in [2.24, 2.45) is 0 Å². The summed E-state index contributed by atoms with van der Waals surface area (Å²) in [5, 5.41) is 0. The average Bonchev–Trinajstić information content (AvgIpc) is 2.84. The van der Waals surface area contributed by atoms with Gasteiger partial charge in [-0.1, -0.05) is 30.3 Å². The fourth-order valence-corrected chi connectivity index (χ4v) is 5.88. The van der Waals surface area contributed by atoms with E-state index in [1.165, 1.54) is 23.2 Å². The lowest BCUT2D eigenvalue weighted by Gasteiger charge is -2.45. The summed E-state index contributed by atoms with van der Waals surface area (Å²) < 4.78 is 5.63. The maximum Gasteiger partial charge on any atom is 0.236 e. The van der Waals surface area contributed by atoms with E-state index >= 15 is 0 Å². The van der Waals surface area contributed by atoms with Gasteiger partial charge >= 0.3 is 0 Å². The maximum atomic E-state index is 13.2. The highest BCUT2D eigenvalue weighted by Gasteiger charge is 2.38. The molecule has 1 amide bonds. The van der Waals surface area contributed by atoms with Crippen LogP contribution in [0.5, 0.6) is 5.75 Å². The number of methoxy groups -OCH3 is 1. The van der Waals surface area contributed by atoms with E-state index in [1.54, 1.807) is 7.11 Å². The number of rotatable bonds is 4. The van der Waals surface area contributed by atoms with Crippen LogP contribution in [0.15, 0.2) is 48.5 Å². The molecule has 2 aliphatic heterocycles. The number of carbonyl (C=O) groups is 1. The quantitative estimate of drug-likeness (QED) is 0.760. The fourth-order valence-electron chi connectivity index (χ4n) is 5.88. The SMILES string of the molecule is COc1cccc2c1CC[C@H]1[C@H]2CCCN1CC(=O)N1CCN(c2ccccc2)CC1. The molecule has 2 atom stereocenters. The Morgan fingerprint density at radius 3 is 2.55 bits per heavy atom. The van der Waals surface area contributed by atoms with Gasteiger partial charge in [0.1, 0.15) is 5.75 Å². The minimum absolute atomic E-state index is 0.296. The van der Waals surface area contributed by atoms with Gasteiger partial charge in [-0.15, -0.1) is 0 Å². The number of piperazine rings is 1. The Hall–Kier alpha value is -2.53. The van der Waals surface area contributed by atoms with Gasteiger partial charge < -0.3 is 14.5 Å². The Morgan fingerprint density at radius 2 is 1.77 bits per heavy atom. The molecular weight excluding hydrogens is 386 g/mol. The van der Waals surface area contributed by atoms with Gasteiger partial charge in [0.05, 0.1) is 13.7 Å². The molecule has 1 aliphatic carbocycles. The van der Waals surface area contributed by atoms with E-state index in [2.05, 4.69) is 63.2 Å². The van der Waals surface area contributed by atoms with Crippen LogP contribution in [0, 0.1) is 0 Å². The average molecular weight is 420 g/mol. The molecule has 31 heavy (non-hydrogen) atoms. The molecule has 5 nitrogen and oxygen atoms in total. The zero-order chi connectivity index (χ0) is 21.2. The predicted molar refractivity (Wildman–Crippen MR) is 124 cm³/mol. The Balaban J connectivity index is 1.22. The molecule has 164 valence electrons. The fraction of sp³-hybridized carbons (Fsp3) is 0.500. The first-order valence-electron chi connectivity index (χ1n) is 11.7. The molecule has 2 fully saturated rings. The van der Waals surface area contributed by atoms with Crippen molar-refractivity contribution in [2.75, 3.05) is 51.3 Å². The topological polar surface area (TPSA) is 36.0 Å². The minimum Gasteiger partial charge on any atom is -0.496 e. The normalized spacial score (nSPS) is 23.8. The van der Waals surface area contributed by atoms with Crippen molar-refractivity contribution in [3.63, 3.8) is 0 Å². The number of amides is 1. The molecular formula is C26H33N3O2. The summed E-state index contributed by atoms with van der Waals surface area (Å²) in [6.45, 7) is 5.05. The lowest BCUT2D eigenvalue weighted by atomic mass is 9.74. The number of para-hydroxylation sites is 1. The Morgan fingerprint density at radius 1 is 0.968 bits per heavy atom. The van der Waals surface area contributed by atoms with Crippen molar-refractivity contribution in [1.29, 1.82) is 0 Å². The van der Waals surface area contributed by atoms with Gasteiger partial charge in [-0.05, 0) is 67.5 Å². The number of benzene rings is 2. The number of nitrogens with zero attached hydrogens (tertiary/aromatic N) is 3. The van der Waals surface area contributed by atoms with E-state index < -0.39 is 0 Å². The number of ether oxygens (including phenoxy) is 1. The van der Waals surface area contributed by atoms with Crippen molar-refractivity contribution in [3.8, 4) is 5.75 Å². The lowest BCUT2D eigenvalue weighted by Crippen LogP contribution is -2.54. The van der Waals surface area contributed by atoms with Gasteiger partial charge in [0.15, 0.2) is 0 Å². The number of likely N-dealkylation sites (tertiary alicyclic amines) is 1. The standard InChI is InChI=1S/C26H33N3O2/c1-31-25-11-5-9-21-22-10-6-14-29(24(22)13-12-23(21)25)19-26(30)28-17-15-27(16-18-28)20-7-3-2-4-8-20/h2-5,7-9,11,22,24H,6,10,12-19H2,1H3/t22-,24-/m0/s1. The first kappa shape index (κ1) is 20.4. The van der Waals surface area contributed by atoms with E-state index in [9.17, 15) is 4.79 Å². The Bertz CT molecular complexity index is 908. The van der Waals surface area contributed by atoms with Crippen LogP contribution in [0.25, 0.3) is 0 Å². The van der Waals surface area contributed by atoms with Crippen LogP contribution in [0.4, 0.5) is 5.69 Å². The molecule has 0 bridgehead atoms. The molecule has 5 heteroatoms. The van der Waals surface area contributed by atoms with Crippen LogP contribution < -0.4 is 9.64 Å². The van der Waals surface area contributed by atoms with E-state index in [-0.39, 0.29) is 0 Å². The van der Waals surface area contributed by atoms with Crippen molar-refractivity contribution >= 4 is 11.6 Å². The smallest absolute Gasteiger partial charge is 0.236 e. The first-order chi connectivity index (χ1) is 15.2. The third-order valence-electron chi connectivity index (χ3n) is 7.46. The minimum atomic E-state index is 0.296. The summed E-state index contributed by atoms with van der Waals surface area (Å²) in [5.41, 5.74) is 4.09. The molecule has 2 aromatic carbocycles. The van der Waals surface area contributed by atoms with Crippen molar-refractivity contribution in [1.82, 2.24) is 9.80 Å². The summed E-state index contributed by atoms with van der Waals surface area (Å²) in [7, 11) is 1.77. The predicted octanol–water partition coefficient (Wildman–Crippen LogP) is 3.54. The lowest BCUT2D eigenvalue weighted by molar-refractivity contribution is -0.134. The van der Waals surface area contributed by atoms with E-state index in [0.29, 0.717) is 24.4 Å². The van der Waals surface area contributed by atoms with Crippen LogP contribution in [-0.4, -0.2) is 68.1 Å². The second-order valence-electron chi connectivity index (χ2n) is 9.06. The summed E-state index contributed by atoms with van der Waals surface area (Å²) in [4.78, 5) is 20.1. The number of carbonyl (C=O) groups excluding carboxylic acids is 1. The van der Waals surface area contributed by atoms with Gasteiger partial charge in [0.2, 0.25) is 5.91 Å². The maximum absolute atomic E-state index is 13.2. The zero-order valence-electron chi connectivity index (χ0n) is 18.5. The second-order valence-corrected chi connectivity index (χ2v) is 9.06. The number of hydrogen-bond donors (Lipinski definition) is 0. The number of piperidine rings is 1. The Kier molecular flexibility index (Phi) is 5.86. The molecule has 0 spiro atoms. The molecule has 2 heterocycles. The zero-order valence-corrected chi connectivity index (χ0v) is 18.5. The molecule has 0 radical (unpaired) electrons. The third-order valence-corrected chi connectivity index (χ3v) is 7.46. The monoisotopic (exact) mass is 419 g/mol. The summed E-state index contributed by atoms with van der Waals surface area (Å²) >= 11 is 0. The number of fused-ring (bicyclic) bond motifs is 3. The van der Waals surface area contributed by atoms with Gasteiger partial charge in [-0.2, -0.15) is 0 Å². The second kappa shape index (κ2) is 8.91. The molecule has 3 aliphatic rings. The van der Waals surface area contributed by atoms with Crippen LogP contribution >= 0.6 is 0 Å². The highest BCUT2D eigenvalue weighted by Crippen LogP contribution is 2.43. The van der Waals surface area contributed by atoms with Gasteiger partial charge in [-0.3, -0.25) is 9.69 Å². The molecule has 2 saturated heterocycles. The highest BCUT2D eigenvalue weighted by molar-refractivity contribution is 5.78. The van der Waals surface area contributed by atoms with Crippen LogP contribution in [0.1, 0.15) is 36.3 Å². The van der Waals surface area contributed by atoms with E-state index in [0.717, 1.165) is 57.7 Å². The van der Waals surface area contributed by atoms with E-state index in [1.807, 2.05) is 0 Å². The van der Waals surface area contributed by atoms with Crippen LogP contribution in [0.2, 0.25) is 0 Å². The van der Waals surface area contributed by atoms with E-state index in [4.69, 9.17) is 4.74 Å². The molecule has 2 aromatic rings. The van der Waals surface area contributed by atoms with Crippen molar-refractivity contribution in [3.05, 3.63) is 59.7 Å². The van der Waals surface area contributed by atoms with Gasteiger partial charge in [0, 0.05) is 37.9 Å². The van der Waals surface area contributed by atoms with Crippen LogP contribution in [0.3, 0.4) is 0 Å². The molecule has 0 unspecified atom stereocenters. The molecule has 0 N–H and O–H groups in total. The summed E-state index contributed by atoms with van der Waals surface area (Å²) in [6, 6.07) is 17.5. The van der Waals surface area contributed by atoms with Crippen molar-refractivity contribution < 1.29 is 9.53 Å². The molecule has 5 rings (SSSR count). The first-order valence-corrected chi connectivity index (χ1v) is 11.7. The van der Waals surface area contributed by atoms with Crippen molar-refractivity contribution in [2.45, 2.75) is 37.6 Å². The summed E-state index contributed by atoms with van der Waals surface area (Å²) in [5.74, 6) is 1.85. The molecule has 0 aromatic heterocycles. The molecule has 0 saturated carbocycles. The third kappa shape index (κ3) is 4.03. The van der Waals surface area contributed by atoms with Gasteiger partial charge in [-0.25, -0.2) is 0 Å². The highest BCUT2D eigenvalue weighted by atomic mass is 16.5. The number of hydrogen-bond acceptors (Lipinski definition) is 4.